The predicted octanol–water partition coefficient (Wildman–Crippen LogP) is 0.289. The Balaban J connectivity index is 2.55. The first-order chi connectivity index (χ1) is 7.83. The minimum Gasteiger partial charge on any atom is -0.444 e. The van der Waals surface area contributed by atoms with Crippen LogP contribution in [0.25, 0.3) is 0 Å². The Morgan fingerprint density at radius 3 is 2.65 bits per heavy atom. The number of rotatable bonds is 2. The quantitative estimate of drug-likeness (QED) is 0.682. The van der Waals surface area contributed by atoms with Crippen molar-refractivity contribution >= 4 is 11.9 Å². The number of ether oxygens (including phenoxy) is 1. The first kappa shape index (κ1) is 13.9. The molecule has 0 aliphatic carbocycles. The molecule has 1 heterocycles. The van der Waals surface area contributed by atoms with Crippen LogP contribution in [0.1, 0.15) is 27.2 Å². The first-order valence-corrected chi connectivity index (χ1v) is 5.76. The maximum Gasteiger partial charge on any atom is 0.410 e. The highest BCUT2D eigenvalue weighted by atomic mass is 16.6. The van der Waals surface area contributed by atoms with Gasteiger partial charge in [0.15, 0.2) is 5.78 Å². The summed E-state index contributed by atoms with van der Waals surface area (Å²) in [6, 6.07) is -0.360. The van der Waals surface area contributed by atoms with Gasteiger partial charge in [-0.05, 0) is 27.8 Å². The van der Waals surface area contributed by atoms with Gasteiger partial charge in [0.1, 0.15) is 5.60 Å². The van der Waals surface area contributed by atoms with E-state index in [1.165, 1.54) is 0 Å². The molecule has 0 bridgehead atoms. The number of Topliss-reactive ketones (excluding diaryl/α,β-unsaturated/α-hetero) is 1. The first-order valence-electron chi connectivity index (χ1n) is 5.76. The Hall–Kier alpha value is -1.14. The van der Waals surface area contributed by atoms with Crippen molar-refractivity contribution in [2.75, 3.05) is 20.1 Å². The summed E-state index contributed by atoms with van der Waals surface area (Å²) in [6.07, 6.45) is -0.00797. The number of ketones is 1. The maximum absolute atomic E-state index is 11.8. The molecule has 1 amide bonds. The molecule has 98 valence electrons. The summed E-state index contributed by atoms with van der Waals surface area (Å²) in [5.74, 6) is 0.110. The molecule has 1 rings (SSSR count). The summed E-state index contributed by atoms with van der Waals surface area (Å²) in [4.78, 5) is 24.9. The average molecular weight is 243 g/mol. The van der Waals surface area contributed by atoms with Gasteiger partial charge in [-0.3, -0.25) is 10.2 Å². The van der Waals surface area contributed by atoms with Crippen LogP contribution in [0, 0.1) is 0 Å². The van der Waals surface area contributed by atoms with Gasteiger partial charge in [0.25, 0.3) is 0 Å². The summed E-state index contributed by atoms with van der Waals surface area (Å²) >= 11 is 0. The number of hydrogen-bond acceptors (Lipinski definition) is 5. The Bertz CT molecular complexity index is 299. The Labute approximate surface area is 102 Å². The molecule has 0 radical (unpaired) electrons. The second-order valence-electron chi connectivity index (χ2n) is 5.09. The van der Waals surface area contributed by atoms with Crippen LogP contribution in [0.15, 0.2) is 0 Å². The number of piperidine rings is 1. The lowest BCUT2D eigenvalue weighted by Gasteiger charge is -2.33. The van der Waals surface area contributed by atoms with Gasteiger partial charge in [-0.2, -0.15) is 0 Å². The zero-order valence-corrected chi connectivity index (χ0v) is 10.9. The second kappa shape index (κ2) is 5.46. The highest BCUT2D eigenvalue weighted by Gasteiger charge is 2.31. The average Bonchev–Trinajstić information content (AvgIpc) is 2.19. The fourth-order valence-electron chi connectivity index (χ4n) is 1.63. The fourth-order valence-corrected chi connectivity index (χ4v) is 1.63. The number of amides is 1. The third kappa shape index (κ3) is 4.32. The van der Waals surface area contributed by atoms with E-state index in [0.717, 1.165) is 0 Å². The van der Waals surface area contributed by atoms with Crippen molar-refractivity contribution in [3.8, 4) is 0 Å². The van der Waals surface area contributed by atoms with E-state index in [-0.39, 0.29) is 17.9 Å². The van der Waals surface area contributed by atoms with Gasteiger partial charge in [0.2, 0.25) is 0 Å². The smallest absolute Gasteiger partial charge is 0.410 e. The van der Waals surface area contributed by atoms with Crippen LogP contribution in [0.4, 0.5) is 4.79 Å². The van der Waals surface area contributed by atoms with Gasteiger partial charge in [0.05, 0.1) is 6.04 Å². The molecule has 0 aromatic heterocycles. The molecule has 1 atom stereocenters. The van der Waals surface area contributed by atoms with Gasteiger partial charge in [-0.15, -0.1) is 0 Å². The van der Waals surface area contributed by atoms with Crippen LogP contribution in [0.2, 0.25) is 0 Å². The predicted molar refractivity (Wildman–Crippen MR) is 63.4 cm³/mol. The Morgan fingerprint density at radius 2 is 2.12 bits per heavy atom. The molecular formula is C11H21N3O3. The van der Waals surface area contributed by atoms with Crippen molar-refractivity contribution in [2.45, 2.75) is 38.8 Å². The molecule has 0 aromatic carbocycles. The molecule has 1 unspecified atom stereocenters. The van der Waals surface area contributed by atoms with Crippen molar-refractivity contribution in [3.63, 3.8) is 0 Å². The second-order valence-corrected chi connectivity index (χ2v) is 5.09. The van der Waals surface area contributed by atoms with E-state index < -0.39 is 5.60 Å². The number of hydrazine groups is 1. The van der Waals surface area contributed by atoms with Crippen LogP contribution < -0.4 is 10.9 Å². The van der Waals surface area contributed by atoms with Gasteiger partial charge in [-0.1, -0.05) is 0 Å². The number of carbonyl (C=O) groups is 2. The van der Waals surface area contributed by atoms with Crippen molar-refractivity contribution in [1.82, 2.24) is 15.8 Å². The van der Waals surface area contributed by atoms with Crippen LogP contribution in [-0.2, 0) is 9.53 Å². The molecule has 1 aliphatic rings. The maximum atomic E-state index is 11.8. The minimum absolute atomic E-state index is 0.110. The standard InChI is InChI=1S/C11H21N3O3/c1-11(2,3)17-10(16)14-6-5-9(15)8(7-14)13-12-4/h8,12-13H,5-7H2,1-4H3. The zero-order chi connectivity index (χ0) is 13.1. The van der Waals surface area contributed by atoms with Crippen molar-refractivity contribution < 1.29 is 14.3 Å². The van der Waals surface area contributed by atoms with Crippen LogP contribution in [-0.4, -0.2) is 48.6 Å². The lowest BCUT2D eigenvalue weighted by atomic mass is 10.1. The van der Waals surface area contributed by atoms with Gasteiger partial charge in [0, 0.05) is 19.5 Å². The molecule has 0 saturated carbocycles. The molecule has 0 aromatic rings. The summed E-state index contributed by atoms with van der Waals surface area (Å²) < 4.78 is 5.27. The van der Waals surface area contributed by atoms with Crippen LogP contribution in [0.3, 0.4) is 0 Å². The van der Waals surface area contributed by atoms with E-state index in [2.05, 4.69) is 10.9 Å². The fraction of sp³-hybridized carbons (Fsp3) is 0.818. The number of nitrogens with zero attached hydrogens (tertiary/aromatic N) is 1. The molecule has 1 saturated heterocycles. The Kier molecular flexibility index (Phi) is 4.47. The van der Waals surface area contributed by atoms with Gasteiger partial charge in [-0.25, -0.2) is 10.2 Å². The third-order valence-electron chi connectivity index (χ3n) is 2.39. The number of nitrogens with one attached hydrogen (secondary N) is 2. The molecule has 6 nitrogen and oxygen atoms in total. The summed E-state index contributed by atoms with van der Waals surface area (Å²) in [5, 5.41) is 0. The molecule has 6 heteroatoms. The van der Waals surface area contributed by atoms with E-state index in [1.807, 2.05) is 20.8 Å². The normalized spacial score (nSPS) is 21.5. The van der Waals surface area contributed by atoms with Crippen LogP contribution in [0.5, 0.6) is 0 Å². The van der Waals surface area contributed by atoms with E-state index in [9.17, 15) is 9.59 Å². The third-order valence-corrected chi connectivity index (χ3v) is 2.39. The molecule has 2 N–H and O–H groups in total. The zero-order valence-electron chi connectivity index (χ0n) is 10.9. The monoisotopic (exact) mass is 243 g/mol. The number of hydrogen-bond donors (Lipinski definition) is 2. The summed E-state index contributed by atoms with van der Waals surface area (Å²) in [7, 11) is 1.69. The van der Waals surface area contributed by atoms with Crippen molar-refractivity contribution in [3.05, 3.63) is 0 Å². The largest absolute Gasteiger partial charge is 0.444 e. The molecule has 1 fully saturated rings. The van der Waals surface area contributed by atoms with Gasteiger partial charge >= 0.3 is 6.09 Å². The number of likely N-dealkylation sites (tertiary alicyclic amines) is 1. The van der Waals surface area contributed by atoms with Gasteiger partial charge < -0.3 is 9.64 Å². The molecule has 17 heavy (non-hydrogen) atoms. The molecular weight excluding hydrogens is 222 g/mol. The lowest BCUT2D eigenvalue weighted by Crippen LogP contribution is -2.56. The van der Waals surface area contributed by atoms with E-state index >= 15 is 0 Å². The van der Waals surface area contributed by atoms with E-state index in [0.29, 0.717) is 19.5 Å². The summed E-state index contributed by atoms with van der Waals surface area (Å²) in [6.45, 7) is 6.24. The van der Waals surface area contributed by atoms with Crippen molar-refractivity contribution in [1.29, 1.82) is 0 Å². The Morgan fingerprint density at radius 1 is 1.47 bits per heavy atom. The highest BCUT2D eigenvalue weighted by molar-refractivity contribution is 5.86. The number of carbonyl (C=O) groups excluding carboxylic acids is 2. The lowest BCUT2D eigenvalue weighted by molar-refractivity contribution is -0.124. The SMILES string of the molecule is CNNC1CN(C(=O)OC(C)(C)C)CCC1=O. The van der Waals surface area contributed by atoms with E-state index in [4.69, 9.17) is 4.74 Å². The highest BCUT2D eigenvalue weighted by Crippen LogP contribution is 2.13. The topological polar surface area (TPSA) is 70.7 Å². The van der Waals surface area contributed by atoms with Crippen molar-refractivity contribution in [2.24, 2.45) is 0 Å². The summed E-state index contributed by atoms with van der Waals surface area (Å²) in [5.41, 5.74) is 5.05. The molecule has 0 spiro atoms. The van der Waals surface area contributed by atoms with Crippen LogP contribution >= 0.6 is 0 Å². The molecule has 1 aliphatic heterocycles. The van der Waals surface area contributed by atoms with E-state index in [1.54, 1.807) is 11.9 Å². The minimum atomic E-state index is -0.509.